The summed E-state index contributed by atoms with van der Waals surface area (Å²) in [6, 6.07) is 11.4. The van der Waals surface area contributed by atoms with Gasteiger partial charge in [0, 0.05) is 11.8 Å². The summed E-state index contributed by atoms with van der Waals surface area (Å²) in [5.41, 5.74) is 7.01. The van der Waals surface area contributed by atoms with Gasteiger partial charge in [0.15, 0.2) is 0 Å². The molecule has 0 aliphatic rings. The number of hydrogen-bond donors (Lipinski definition) is 1. The molecule has 3 aromatic rings. The zero-order chi connectivity index (χ0) is 13.2. The van der Waals surface area contributed by atoms with Crippen molar-refractivity contribution >= 4 is 16.7 Å². The Labute approximate surface area is 109 Å². The topological polar surface area (TPSA) is 73.8 Å². The monoisotopic (exact) mass is 252 g/mol. The SMILES string of the molecule is NC(=O)c1ccc(Cn2ccnn2)c2ccccc12. The van der Waals surface area contributed by atoms with Gasteiger partial charge in [-0.3, -0.25) is 4.79 Å². The summed E-state index contributed by atoms with van der Waals surface area (Å²) >= 11 is 0. The zero-order valence-corrected chi connectivity index (χ0v) is 10.2. The lowest BCUT2D eigenvalue weighted by atomic mass is 9.99. The highest BCUT2D eigenvalue weighted by molar-refractivity contribution is 6.07. The number of benzene rings is 2. The smallest absolute Gasteiger partial charge is 0.249 e. The van der Waals surface area contributed by atoms with Gasteiger partial charge in [-0.05, 0) is 22.4 Å². The minimum absolute atomic E-state index is 0.413. The molecule has 0 atom stereocenters. The van der Waals surface area contributed by atoms with Crippen LogP contribution in [0.5, 0.6) is 0 Å². The van der Waals surface area contributed by atoms with E-state index in [-0.39, 0.29) is 0 Å². The van der Waals surface area contributed by atoms with Crippen LogP contribution in [0.25, 0.3) is 10.8 Å². The lowest BCUT2D eigenvalue weighted by Gasteiger charge is -2.09. The van der Waals surface area contributed by atoms with E-state index in [9.17, 15) is 4.79 Å². The molecule has 0 saturated heterocycles. The second kappa shape index (κ2) is 4.53. The molecule has 0 aliphatic heterocycles. The van der Waals surface area contributed by atoms with E-state index in [1.807, 2.05) is 30.3 Å². The summed E-state index contributed by atoms with van der Waals surface area (Å²) in [6.45, 7) is 0.611. The Bertz CT molecular complexity index is 734. The molecule has 19 heavy (non-hydrogen) atoms. The number of rotatable bonds is 3. The van der Waals surface area contributed by atoms with Crippen molar-refractivity contribution in [3.63, 3.8) is 0 Å². The molecule has 0 bridgehead atoms. The molecule has 2 N–H and O–H groups in total. The molecule has 0 aliphatic carbocycles. The van der Waals surface area contributed by atoms with Crippen LogP contribution in [0, 0.1) is 0 Å². The lowest BCUT2D eigenvalue weighted by Crippen LogP contribution is -2.12. The highest BCUT2D eigenvalue weighted by atomic mass is 16.1. The third kappa shape index (κ3) is 2.06. The van der Waals surface area contributed by atoms with Crippen molar-refractivity contribution in [2.75, 3.05) is 0 Å². The molecule has 0 radical (unpaired) electrons. The Balaban J connectivity index is 2.16. The van der Waals surface area contributed by atoms with E-state index in [0.29, 0.717) is 12.1 Å². The van der Waals surface area contributed by atoms with Crippen molar-refractivity contribution < 1.29 is 4.79 Å². The van der Waals surface area contributed by atoms with E-state index >= 15 is 0 Å². The van der Waals surface area contributed by atoms with Gasteiger partial charge < -0.3 is 5.73 Å². The van der Waals surface area contributed by atoms with Crippen molar-refractivity contribution in [2.24, 2.45) is 5.73 Å². The van der Waals surface area contributed by atoms with Crippen molar-refractivity contribution in [3.8, 4) is 0 Å². The number of carbonyl (C=O) groups is 1. The van der Waals surface area contributed by atoms with Crippen LogP contribution in [0.15, 0.2) is 48.8 Å². The van der Waals surface area contributed by atoms with Gasteiger partial charge in [0.2, 0.25) is 5.91 Å². The van der Waals surface area contributed by atoms with E-state index in [0.717, 1.165) is 16.3 Å². The summed E-state index contributed by atoms with van der Waals surface area (Å²) in [7, 11) is 0. The number of fused-ring (bicyclic) bond motifs is 1. The Hall–Kier alpha value is -2.69. The van der Waals surface area contributed by atoms with Crippen LogP contribution in [-0.4, -0.2) is 20.9 Å². The van der Waals surface area contributed by atoms with Gasteiger partial charge in [-0.1, -0.05) is 35.5 Å². The Morgan fingerprint density at radius 2 is 1.95 bits per heavy atom. The minimum Gasteiger partial charge on any atom is -0.366 e. The van der Waals surface area contributed by atoms with Gasteiger partial charge in [-0.25, -0.2) is 4.68 Å². The molecule has 0 unspecified atom stereocenters. The van der Waals surface area contributed by atoms with Crippen molar-refractivity contribution in [1.82, 2.24) is 15.0 Å². The minimum atomic E-state index is -0.413. The second-order valence-electron chi connectivity index (χ2n) is 4.28. The Kier molecular flexibility index (Phi) is 2.72. The average molecular weight is 252 g/mol. The lowest BCUT2D eigenvalue weighted by molar-refractivity contribution is 0.100. The number of nitrogens with two attached hydrogens (primary N) is 1. The number of primary amides is 1. The van der Waals surface area contributed by atoms with E-state index < -0.39 is 5.91 Å². The van der Waals surface area contributed by atoms with Crippen LogP contribution >= 0.6 is 0 Å². The summed E-state index contributed by atoms with van der Waals surface area (Å²) in [4.78, 5) is 11.4. The predicted octanol–water partition coefficient (Wildman–Crippen LogP) is 1.58. The number of hydrogen-bond acceptors (Lipinski definition) is 3. The fraction of sp³-hybridized carbons (Fsp3) is 0.0714. The molecular formula is C14H12N4O. The number of nitrogens with zero attached hydrogens (tertiary/aromatic N) is 3. The molecule has 5 heteroatoms. The summed E-state index contributed by atoms with van der Waals surface area (Å²) < 4.78 is 1.74. The predicted molar refractivity (Wildman–Crippen MR) is 71.6 cm³/mol. The first-order valence-electron chi connectivity index (χ1n) is 5.90. The maximum absolute atomic E-state index is 11.4. The van der Waals surface area contributed by atoms with Crippen LogP contribution in [0.4, 0.5) is 0 Å². The Morgan fingerprint density at radius 1 is 1.16 bits per heavy atom. The molecule has 1 heterocycles. The molecule has 1 aromatic heterocycles. The molecule has 5 nitrogen and oxygen atoms in total. The summed E-state index contributed by atoms with van der Waals surface area (Å²) in [5.74, 6) is -0.413. The molecular weight excluding hydrogens is 240 g/mol. The van der Waals surface area contributed by atoms with Crippen LogP contribution in [0.3, 0.4) is 0 Å². The molecule has 0 spiro atoms. The maximum atomic E-state index is 11.4. The standard InChI is InChI=1S/C14H12N4O/c15-14(19)13-6-5-10(9-18-8-7-16-17-18)11-3-1-2-4-12(11)13/h1-8H,9H2,(H2,15,19). The Morgan fingerprint density at radius 3 is 2.63 bits per heavy atom. The van der Waals surface area contributed by atoms with E-state index in [1.165, 1.54) is 0 Å². The molecule has 2 aromatic carbocycles. The summed E-state index contributed by atoms with van der Waals surface area (Å²) in [5, 5.41) is 9.61. The summed E-state index contributed by atoms with van der Waals surface area (Å²) in [6.07, 6.45) is 3.44. The van der Waals surface area contributed by atoms with Crippen molar-refractivity contribution in [2.45, 2.75) is 6.54 Å². The molecule has 3 rings (SSSR count). The normalized spacial score (nSPS) is 10.7. The third-order valence-corrected chi connectivity index (χ3v) is 3.08. The van der Waals surface area contributed by atoms with E-state index in [2.05, 4.69) is 10.3 Å². The average Bonchev–Trinajstić information content (AvgIpc) is 2.91. The second-order valence-corrected chi connectivity index (χ2v) is 4.28. The van der Waals surface area contributed by atoms with E-state index in [1.54, 1.807) is 23.1 Å². The van der Waals surface area contributed by atoms with Gasteiger partial charge in [0.1, 0.15) is 0 Å². The molecule has 94 valence electrons. The van der Waals surface area contributed by atoms with Crippen LogP contribution in [0.1, 0.15) is 15.9 Å². The zero-order valence-electron chi connectivity index (χ0n) is 10.2. The van der Waals surface area contributed by atoms with Gasteiger partial charge in [-0.15, -0.1) is 5.10 Å². The van der Waals surface area contributed by atoms with Gasteiger partial charge in [0.05, 0.1) is 12.7 Å². The van der Waals surface area contributed by atoms with Crippen LogP contribution < -0.4 is 5.73 Å². The van der Waals surface area contributed by atoms with Gasteiger partial charge in [-0.2, -0.15) is 0 Å². The first-order valence-corrected chi connectivity index (χ1v) is 5.90. The molecule has 1 amide bonds. The molecule has 0 fully saturated rings. The van der Waals surface area contributed by atoms with Gasteiger partial charge in [0.25, 0.3) is 0 Å². The van der Waals surface area contributed by atoms with Crippen LogP contribution in [0.2, 0.25) is 0 Å². The highest BCUT2D eigenvalue weighted by Crippen LogP contribution is 2.23. The maximum Gasteiger partial charge on any atom is 0.249 e. The largest absolute Gasteiger partial charge is 0.366 e. The van der Waals surface area contributed by atoms with Crippen LogP contribution in [-0.2, 0) is 6.54 Å². The van der Waals surface area contributed by atoms with E-state index in [4.69, 9.17) is 5.73 Å². The first kappa shape index (κ1) is 11.4. The fourth-order valence-corrected chi connectivity index (χ4v) is 2.21. The highest BCUT2D eigenvalue weighted by Gasteiger charge is 2.09. The quantitative estimate of drug-likeness (QED) is 0.769. The number of aromatic nitrogens is 3. The van der Waals surface area contributed by atoms with Gasteiger partial charge >= 0.3 is 0 Å². The first-order chi connectivity index (χ1) is 9.25. The number of carbonyl (C=O) groups excluding carboxylic acids is 1. The third-order valence-electron chi connectivity index (χ3n) is 3.08. The van der Waals surface area contributed by atoms with Crippen molar-refractivity contribution in [1.29, 1.82) is 0 Å². The van der Waals surface area contributed by atoms with Crippen molar-refractivity contribution in [3.05, 3.63) is 59.9 Å². The fourth-order valence-electron chi connectivity index (χ4n) is 2.21. The number of amides is 1. The molecule has 0 saturated carbocycles.